The van der Waals surface area contributed by atoms with Gasteiger partial charge < -0.3 is 9.88 Å². The number of aryl methyl sites for hydroxylation is 1. The van der Waals surface area contributed by atoms with Gasteiger partial charge in [0.05, 0.1) is 12.3 Å². The molecule has 0 radical (unpaired) electrons. The van der Waals surface area contributed by atoms with E-state index in [1.165, 1.54) is 17.8 Å². The fourth-order valence-corrected chi connectivity index (χ4v) is 2.70. The van der Waals surface area contributed by atoms with Crippen LogP contribution in [0.4, 0.5) is 4.79 Å². The molecular weight excluding hydrogens is 326 g/mol. The van der Waals surface area contributed by atoms with Gasteiger partial charge in [0.1, 0.15) is 5.82 Å². The molecule has 0 saturated heterocycles. The molecule has 0 aliphatic carbocycles. The van der Waals surface area contributed by atoms with E-state index < -0.39 is 11.9 Å². The highest BCUT2D eigenvalue weighted by Crippen LogP contribution is 2.18. The van der Waals surface area contributed by atoms with Crippen LogP contribution in [0.5, 0.6) is 0 Å². The van der Waals surface area contributed by atoms with Gasteiger partial charge in [-0.1, -0.05) is 48.2 Å². The van der Waals surface area contributed by atoms with Crippen LogP contribution < -0.4 is 10.6 Å². The second kappa shape index (κ2) is 8.88. The molecule has 1 heterocycles. The summed E-state index contributed by atoms with van der Waals surface area (Å²) in [6.07, 6.45) is 1.54. The van der Waals surface area contributed by atoms with E-state index in [4.69, 9.17) is 0 Å². The first-order valence-corrected chi connectivity index (χ1v) is 8.34. The zero-order valence-electron chi connectivity index (χ0n) is 13.4. The lowest BCUT2D eigenvalue weighted by atomic mass is 10.2. The van der Waals surface area contributed by atoms with Gasteiger partial charge in [0.25, 0.3) is 0 Å². The van der Waals surface area contributed by atoms with Crippen molar-refractivity contribution in [1.29, 1.82) is 0 Å². The third-order valence-electron chi connectivity index (χ3n) is 3.08. The van der Waals surface area contributed by atoms with Crippen molar-refractivity contribution in [3.63, 3.8) is 0 Å². The predicted molar refractivity (Wildman–Crippen MR) is 92.8 cm³/mol. The van der Waals surface area contributed by atoms with Crippen molar-refractivity contribution in [2.24, 2.45) is 0 Å². The normalized spacial score (nSPS) is 10.2. The minimum absolute atomic E-state index is 0.0778. The standard InChI is InChI=1S/C16H19N5O2S/c1-3-9-17-15(23)18-14(22)11-24-16-20-19-12(2)21(16)10-13-7-5-4-6-8-13/h3-8H,1,9-11H2,2H3,(H2,17,18,22,23). The smallest absolute Gasteiger partial charge is 0.321 e. The number of nitrogens with zero attached hydrogens (tertiary/aromatic N) is 3. The molecule has 7 nitrogen and oxygen atoms in total. The molecule has 0 unspecified atom stereocenters. The van der Waals surface area contributed by atoms with Crippen LogP contribution in [0.25, 0.3) is 0 Å². The van der Waals surface area contributed by atoms with Crippen LogP contribution in [0.1, 0.15) is 11.4 Å². The van der Waals surface area contributed by atoms with Gasteiger partial charge in [-0.05, 0) is 12.5 Å². The monoisotopic (exact) mass is 345 g/mol. The SMILES string of the molecule is C=CCNC(=O)NC(=O)CSc1nnc(C)n1Cc1ccccc1. The number of aromatic nitrogens is 3. The molecular formula is C16H19N5O2S. The van der Waals surface area contributed by atoms with Gasteiger partial charge in [-0.25, -0.2) is 4.79 Å². The number of urea groups is 1. The van der Waals surface area contributed by atoms with E-state index in [2.05, 4.69) is 27.4 Å². The Balaban J connectivity index is 1.92. The molecule has 0 saturated carbocycles. The van der Waals surface area contributed by atoms with E-state index in [-0.39, 0.29) is 5.75 Å². The fraction of sp³-hybridized carbons (Fsp3) is 0.250. The molecule has 0 fully saturated rings. The van der Waals surface area contributed by atoms with Gasteiger partial charge in [-0.15, -0.1) is 16.8 Å². The molecule has 0 bridgehead atoms. The third-order valence-corrected chi connectivity index (χ3v) is 4.04. The Morgan fingerprint density at radius 3 is 2.75 bits per heavy atom. The topological polar surface area (TPSA) is 88.9 Å². The number of carbonyl (C=O) groups excluding carboxylic acids is 2. The number of rotatable bonds is 7. The molecule has 2 N–H and O–H groups in total. The molecule has 3 amide bonds. The number of hydrogen-bond acceptors (Lipinski definition) is 5. The summed E-state index contributed by atoms with van der Waals surface area (Å²) >= 11 is 1.24. The third kappa shape index (κ3) is 5.24. The maximum Gasteiger partial charge on any atom is 0.321 e. The average molecular weight is 345 g/mol. The molecule has 0 aliphatic rings. The highest BCUT2D eigenvalue weighted by Gasteiger charge is 2.13. The summed E-state index contributed by atoms with van der Waals surface area (Å²) in [5, 5.41) is 13.5. The molecule has 2 aromatic rings. The maximum atomic E-state index is 11.8. The minimum Gasteiger partial charge on any atom is -0.334 e. The van der Waals surface area contributed by atoms with Gasteiger partial charge in [-0.3, -0.25) is 10.1 Å². The number of amides is 3. The quantitative estimate of drug-likeness (QED) is 0.589. The first kappa shape index (κ1) is 17.7. The Hall–Kier alpha value is -2.61. The van der Waals surface area contributed by atoms with Crippen LogP contribution in [0.2, 0.25) is 0 Å². The van der Waals surface area contributed by atoms with Crippen LogP contribution >= 0.6 is 11.8 Å². The Morgan fingerprint density at radius 2 is 2.04 bits per heavy atom. The number of thioether (sulfide) groups is 1. The second-order valence-corrected chi connectivity index (χ2v) is 5.88. The molecule has 8 heteroatoms. The predicted octanol–water partition coefficient (Wildman–Crippen LogP) is 1.74. The summed E-state index contributed by atoms with van der Waals surface area (Å²) in [5.74, 6) is 0.452. The van der Waals surface area contributed by atoms with Crippen molar-refractivity contribution in [1.82, 2.24) is 25.4 Å². The van der Waals surface area contributed by atoms with Crippen LogP contribution in [0.15, 0.2) is 48.1 Å². The van der Waals surface area contributed by atoms with Crippen molar-refractivity contribution >= 4 is 23.7 Å². The molecule has 1 aromatic carbocycles. The summed E-state index contributed by atoms with van der Waals surface area (Å²) in [6, 6.07) is 9.39. The Morgan fingerprint density at radius 1 is 1.29 bits per heavy atom. The minimum atomic E-state index is -0.539. The number of benzene rings is 1. The Kier molecular flexibility index (Phi) is 6.56. The highest BCUT2D eigenvalue weighted by molar-refractivity contribution is 7.99. The number of nitrogens with one attached hydrogen (secondary N) is 2. The van der Waals surface area contributed by atoms with E-state index in [1.807, 2.05) is 41.8 Å². The van der Waals surface area contributed by atoms with E-state index in [1.54, 1.807) is 0 Å². The number of hydrogen-bond donors (Lipinski definition) is 2. The van der Waals surface area contributed by atoms with Crippen molar-refractivity contribution in [2.45, 2.75) is 18.6 Å². The summed E-state index contributed by atoms with van der Waals surface area (Å²) in [6.45, 7) is 6.28. The summed E-state index contributed by atoms with van der Waals surface area (Å²) < 4.78 is 1.94. The van der Waals surface area contributed by atoms with E-state index in [9.17, 15) is 9.59 Å². The van der Waals surface area contributed by atoms with Crippen molar-refractivity contribution in [3.8, 4) is 0 Å². The molecule has 0 aliphatic heterocycles. The summed E-state index contributed by atoms with van der Waals surface area (Å²) in [5.41, 5.74) is 1.12. The summed E-state index contributed by atoms with van der Waals surface area (Å²) in [4.78, 5) is 23.2. The Labute approximate surface area is 144 Å². The van der Waals surface area contributed by atoms with Gasteiger partial charge in [0, 0.05) is 6.54 Å². The van der Waals surface area contributed by atoms with Gasteiger partial charge in [0.2, 0.25) is 5.91 Å². The highest BCUT2D eigenvalue weighted by atomic mass is 32.2. The molecule has 1 aromatic heterocycles. The molecule has 2 rings (SSSR count). The van der Waals surface area contributed by atoms with Crippen molar-refractivity contribution in [3.05, 3.63) is 54.4 Å². The first-order chi connectivity index (χ1) is 11.6. The molecule has 0 atom stereocenters. The largest absolute Gasteiger partial charge is 0.334 e. The molecule has 0 spiro atoms. The van der Waals surface area contributed by atoms with Gasteiger partial charge >= 0.3 is 6.03 Å². The first-order valence-electron chi connectivity index (χ1n) is 7.35. The Bertz CT molecular complexity index is 715. The van der Waals surface area contributed by atoms with Crippen LogP contribution in [0, 0.1) is 6.92 Å². The summed E-state index contributed by atoms with van der Waals surface area (Å²) in [7, 11) is 0. The average Bonchev–Trinajstić information content (AvgIpc) is 2.92. The lowest BCUT2D eigenvalue weighted by molar-refractivity contribution is -0.117. The van der Waals surface area contributed by atoms with Crippen molar-refractivity contribution < 1.29 is 9.59 Å². The zero-order valence-corrected chi connectivity index (χ0v) is 14.2. The molecule has 126 valence electrons. The number of carbonyl (C=O) groups is 2. The number of imide groups is 1. The van der Waals surface area contributed by atoms with E-state index in [0.29, 0.717) is 18.2 Å². The van der Waals surface area contributed by atoms with Crippen LogP contribution in [-0.2, 0) is 11.3 Å². The van der Waals surface area contributed by atoms with Gasteiger partial charge in [-0.2, -0.15) is 0 Å². The van der Waals surface area contributed by atoms with Crippen LogP contribution in [-0.4, -0.2) is 39.0 Å². The lowest BCUT2D eigenvalue weighted by Crippen LogP contribution is -2.40. The zero-order chi connectivity index (χ0) is 17.4. The second-order valence-electron chi connectivity index (χ2n) is 4.94. The lowest BCUT2D eigenvalue weighted by Gasteiger charge is -2.08. The van der Waals surface area contributed by atoms with Gasteiger partial charge in [0.15, 0.2) is 5.16 Å². The van der Waals surface area contributed by atoms with Crippen LogP contribution in [0.3, 0.4) is 0 Å². The maximum absolute atomic E-state index is 11.8. The molecule has 24 heavy (non-hydrogen) atoms. The van der Waals surface area contributed by atoms with E-state index in [0.717, 1.165) is 11.4 Å². The van der Waals surface area contributed by atoms with E-state index >= 15 is 0 Å². The van der Waals surface area contributed by atoms with Crippen molar-refractivity contribution in [2.75, 3.05) is 12.3 Å². The fourth-order valence-electron chi connectivity index (χ4n) is 1.92.